The smallest absolute Gasteiger partial charge is 0.0441 e. The lowest BCUT2D eigenvalue weighted by Gasteiger charge is -2.41. The molecule has 0 radical (unpaired) electrons. The highest BCUT2D eigenvalue weighted by atomic mass is 32.2. The van der Waals surface area contributed by atoms with Gasteiger partial charge in [-0.25, -0.2) is 0 Å². The van der Waals surface area contributed by atoms with Crippen LogP contribution in [0.5, 0.6) is 0 Å². The van der Waals surface area contributed by atoms with Crippen LogP contribution in [-0.2, 0) is 0 Å². The zero-order valence-electron chi connectivity index (χ0n) is 11.1. The summed E-state index contributed by atoms with van der Waals surface area (Å²) >= 11 is 2.06. The largest absolute Gasteiger partial charge is 0.396 e. The molecule has 3 heteroatoms. The van der Waals surface area contributed by atoms with Gasteiger partial charge in [0.15, 0.2) is 0 Å². The van der Waals surface area contributed by atoms with Gasteiger partial charge in [-0.2, -0.15) is 11.8 Å². The topological polar surface area (TPSA) is 32.3 Å². The standard InChI is InChI=1S/C13H27NOS/c1-10(6-8-15)16-12-9-13(2,3)7-5-11(12)14-4/h10-12,14-15H,5-9H2,1-4H3. The molecule has 3 unspecified atom stereocenters. The molecule has 2 N–H and O–H groups in total. The van der Waals surface area contributed by atoms with E-state index in [0.29, 0.717) is 28.6 Å². The van der Waals surface area contributed by atoms with Gasteiger partial charge in [0.2, 0.25) is 0 Å². The zero-order valence-corrected chi connectivity index (χ0v) is 11.9. The lowest BCUT2D eigenvalue weighted by atomic mass is 9.75. The minimum atomic E-state index is 0.314. The van der Waals surface area contributed by atoms with Crippen LogP contribution in [0.25, 0.3) is 0 Å². The maximum Gasteiger partial charge on any atom is 0.0441 e. The second-order valence-corrected chi connectivity index (χ2v) is 7.48. The Bertz CT molecular complexity index is 208. The monoisotopic (exact) mass is 245 g/mol. The lowest BCUT2D eigenvalue weighted by molar-refractivity contribution is 0.218. The molecule has 0 aromatic rings. The molecular weight excluding hydrogens is 218 g/mol. The van der Waals surface area contributed by atoms with E-state index in [-0.39, 0.29) is 0 Å². The first-order valence-corrected chi connectivity index (χ1v) is 7.36. The van der Waals surface area contributed by atoms with Crippen LogP contribution in [0.1, 0.15) is 46.5 Å². The molecule has 0 heterocycles. The number of rotatable bonds is 5. The fraction of sp³-hybridized carbons (Fsp3) is 1.00. The predicted molar refractivity (Wildman–Crippen MR) is 73.0 cm³/mol. The van der Waals surface area contributed by atoms with Crippen molar-refractivity contribution in [1.82, 2.24) is 5.32 Å². The van der Waals surface area contributed by atoms with E-state index < -0.39 is 0 Å². The third-order valence-corrected chi connectivity index (χ3v) is 5.19. The number of nitrogens with one attached hydrogen (secondary N) is 1. The van der Waals surface area contributed by atoms with Crippen molar-refractivity contribution in [1.29, 1.82) is 0 Å². The van der Waals surface area contributed by atoms with E-state index in [1.807, 2.05) is 0 Å². The maximum atomic E-state index is 8.96. The van der Waals surface area contributed by atoms with Gasteiger partial charge in [0.1, 0.15) is 0 Å². The van der Waals surface area contributed by atoms with Crippen molar-refractivity contribution in [2.24, 2.45) is 5.41 Å². The SMILES string of the molecule is CNC1CCC(C)(C)CC1SC(C)CCO. The first kappa shape index (κ1) is 14.3. The van der Waals surface area contributed by atoms with E-state index in [4.69, 9.17) is 5.11 Å². The fourth-order valence-electron chi connectivity index (χ4n) is 2.54. The number of aliphatic hydroxyl groups is 1. The number of hydrogen-bond donors (Lipinski definition) is 2. The highest BCUT2D eigenvalue weighted by Gasteiger charge is 2.34. The Labute approximate surface area is 105 Å². The van der Waals surface area contributed by atoms with Crippen LogP contribution in [0.2, 0.25) is 0 Å². The van der Waals surface area contributed by atoms with Gasteiger partial charge < -0.3 is 10.4 Å². The molecule has 1 aliphatic carbocycles. The van der Waals surface area contributed by atoms with Gasteiger partial charge >= 0.3 is 0 Å². The first-order chi connectivity index (χ1) is 7.48. The van der Waals surface area contributed by atoms with Crippen molar-refractivity contribution in [2.45, 2.75) is 63.0 Å². The van der Waals surface area contributed by atoms with Gasteiger partial charge in [-0.15, -0.1) is 0 Å². The molecule has 1 aliphatic rings. The van der Waals surface area contributed by atoms with Crippen molar-refractivity contribution >= 4 is 11.8 Å². The zero-order chi connectivity index (χ0) is 12.2. The first-order valence-electron chi connectivity index (χ1n) is 6.42. The van der Waals surface area contributed by atoms with Crippen LogP contribution in [0, 0.1) is 5.41 Å². The molecule has 2 nitrogen and oxygen atoms in total. The van der Waals surface area contributed by atoms with E-state index in [1.165, 1.54) is 19.3 Å². The lowest BCUT2D eigenvalue weighted by Crippen LogP contribution is -2.43. The Hall–Kier alpha value is 0.270. The molecule has 0 saturated heterocycles. The highest BCUT2D eigenvalue weighted by Crippen LogP contribution is 2.41. The Balaban J connectivity index is 2.51. The summed E-state index contributed by atoms with van der Waals surface area (Å²) in [7, 11) is 2.08. The third kappa shape index (κ3) is 4.27. The van der Waals surface area contributed by atoms with E-state index in [1.54, 1.807) is 0 Å². The maximum absolute atomic E-state index is 8.96. The van der Waals surface area contributed by atoms with Crippen molar-refractivity contribution in [2.75, 3.05) is 13.7 Å². The van der Waals surface area contributed by atoms with Crippen molar-refractivity contribution in [3.8, 4) is 0 Å². The fourth-order valence-corrected chi connectivity index (χ4v) is 4.39. The summed E-state index contributed by atoms with van der Waals surface area (Å²) < 4.78 is 0. The Morgan fingerprint density at radius 3 is 2.75 bits per heavy atom. The van der Waals surface area contributed by atoms with E-state index in [2.05, 4.69) is 44.9 Å². The van der Waals surface area contributed by atoms with Crippen LogP contribution in [-0.4, -0.2) is 35.3 Å². The van der Waals surface area contributed by atoms with Crippen LogP contribution in [0.15, 0.2) is 0 Å². The Kier molecular flexibility index (Phi) is 5.62. The number of hydrogen-bond acceptors (Lipinski definition) is 3. The number of thioether (sulfide) groups is 1. The summed E-state index contributed by atoms with van der Waals surface area (Å²) in [6.07, 6.45) is 4.81. The van der Waals surface area contributed by atoms with Gasteiger partial charge in [-0.1, -0.05) is 20.8 Å². The molecule has 0 aromatic heterocycles. The second-order valence-electron chi connectivity index (χ2n) is 5.80. The van der Waals surface area contributed by atoms with Gasteiger partial charge in [0, 0.05) is 23.1 Å². The van der Waals surface area contributed by atoms with Crippen molar-refractivity contribution < 1.29 is 5.11 Å². The summed E-state index contributed by atoms with van der Waals surface area (Å²) in [5.74, 6) is 0. The average molecular weight is 245 g/mol. The van der Waals surface area contributed by atoms with E-state index in [9.17, 15) is 0 Å². The van der Waals surface area contributed by atoms with E-state index >= 15 is 0 Å². The molecule has 96 valence electrons. The molecule has 1 fully saturated rings. The molecule has 0 aromatic carbocycles. The van der Waals surface area contributed by atoms with Crippen molar-refractivity contribution in [3.63, 3.8) is 0 Å². The summed E-state index contributed by atoms with van der Waals surface area (Å²) in [6, 6.07) is 0.652. The third-order valence-electron chi connectivity index (χ3n) is 3.65. The molecule has 0 aliphatic heterocycles. The van der Waals surface area contributed by atoms with Crippen LogP contribution in [0.4, 0.5) is 0 Å². The molecular formula is C13H27NOS. The second kappa shape index (κ2) is 6.27. The van der Waals surface area contributed by atoms with Crippen molar-refractivity contribution in [3.05, 3.63) is 0 Å². The molecule has 0 bridgehead atoms. The average Bonchev–Trinajstić information content (AvgIpc) is 2.17. The van der Waals surface area contributed by atoms with Crippen LogP contribution < -0.4 is 5.32 Å². The normalized spacial score (nSPS) is 31.3. The quantitative estimate of drug-likeness (QED) is 0.781. The summed E-state index contributed by atoms with van der Waals surface area (Å²) in [5.41, 5.74) is 0.490. The van der Waals surface area contributed by atoms with Crippen LogP contribution >= 0.6 is 11.8 Å². The predicted octanol–water partition coefficient (Wildman–Crippen LogP) is 2.66. The summed E-state index contributed by atoms with van der Waals surface area (Å²) in [5, 5.41) is 13.7. The molecule has 1 saturated carbocycles. The van der Waals surface area contributed by atoms with Gasteiger partial charge in [-0.05, 0) is 38.1 Å². The van der Waals surface area contributed by atoms with Gasteiger partial charge in [0.05, 0.1) is 0 Å². The molecule has 1 rings (SSSR count). The van der Waals surface area contributed by atoms with E-state index in [0.717, 1.165) is 6.42 Å². The van der Waals surface area contributed by atoms with Gasteiger partial charge in [0.25, 0.3) is 0 Å². The molecule has 3 atom stereocenters. The molecule has 16 heavy (non-hydrogen) atoms. The molecule has 0 spiro atoms. The van der Waals surface area contributed by atoms with Crippen LogP contribution in [0.3, 0.4) is 0 Å². The summed E-state index contributed by atoms with van der Waals surface area (Å²) in [6.45, 7) is 7.30. The number of aliphatic hydroxyl groups excluding tert-OH is 1. The Morgan fingerprint density at radius 1 is 1.50 bits per heavy atom. The summed E-state index contributed by atoms with van der Waals surface area (Å²) in [4.78, 5) is 0. The Morgan fingerprint density at radius 2 is 2.19 bits per heavy atom. The van der Waals surface area contributed by atoms with Gasteiger partial charge in [-0.3, -0.25) is 0 Å². The minimum absolute atomic E-state index is 0.314. The molecule has 0 amide bonds. The minimum Gasteiger partial charge on any atom is -0.396 e. The highest BCUT2D eigenvalue weighted by molar-refractivity contribution is 8.00.